The Kier molecular flexibility index (Phi) is 4.18. The molecule has 0 radical (unpaired) electrons. The van der Waals surface area contributed by atoms with Crippen LogP contribution in [0.15, 0.2) is 11.6 Å². The van der Waals surface area contributed by atoms with Crippen LogP contribution in [0.5, 0.6) is 0 Å². The molecule has 0 unspecified atom stereocenters. The summed E-state index contributed by atoms with van der Waals surface area (Å²) in [5, 5.41) is 8.89. The van der Waals surface area contributed by atoms with Gasteiger partial charge in [0.2, 0.25) is 0 Å². The maximum absolute atomic E-state index is 10.8. The van der Waals surface area contributed by atoms with E-state index in [1.54, 1.807) is 0 Å². The van der Waals surface area contributed by atoms with Gasteiger partial charge in [-0.2, -0.15) is 0 Å². The third-order valence-electron chi connectivity index (χ3n) is 3.15. The number of hydrogen-bond donors (Lipinski definition) is 1. The molecule has 14 heavy (non-hydrogen) atoms. The summed E-state index contributed by atoms with van der Waals surface area (Å²) in [7, 11) is 0. The van der Waals surface area contributed by atoms with Gasteiger partial charge in [-0.05, 0) is 31.1 Å². The van der Waals surface area contributed by atoms with Crippen LogP contribution in [0.4, 0.5) is 0 Å². The SMILES string of the molecule is CC/C(=C\C1CCC(C)CC1)C(=O)O. The maximum Gasteiger partial charge on any atom is 0.331 e. The first kappa shape index (κ1) is 11.3. The Bertz CT molecular complexity index is 222. The summed E-state index contributed by atoms with van der Waals surface area (Å²) < 4.78 is 0. The molecule has 2 nitrogen and oxygen atoms in total. The van der Waals surface area contributed by atoms with Crippen LogP contribution in [-0.4, -0.2) is 11.1 Å². The molecule has 0 saturated heterocycles. The first-order valence-corrected chi connectivity index (χ1v) is 5.57. The second kappa shape index (κ2) is 5.18. The molecule has 0 aliphatic heterocycles. The van der Waals surface area contributed by atoms with Crippen LogP contribution in [0.3, 0.4) is 0 Å². The fraction of sp³-hybridized carbons (Fsp3) is 0.750. The second-order valence-corrected chi connectivity index (χ2v) is 4.37. The molecule has 80 valence electrons. The van der Waals surface area contributed by atoms with E-state index >= 15 is 0 Å². The van der Waals surface area contributed by atoms with E-state index in [0.29, 0.717) is 17.9 Å². The molecular formula is C12H20O2. The number of rotatable bonds is 3. The van der Waals surface area contributed by atoms with Gasteiger partial charge in [-0.1, -0.05) is 32.8 Å². The summed E-state index contributed by atoms with van der Waals surface area (Å²) in [6.07, 6.45) is 7.45. The van der Waals surface area contributed by atoms with Crippen molar-refractivity contribution in [2.45, 2.75) is 46.0 Å². The van der Waals surface area contributed by atoms with Crippen molar-refractivity contribution in [3.63, 3.8) is 0 Å². The molecule has 1 aliphatic carbocycles. The molecule has 1 rings (SSSR count). The number of aliphatic carboxylic acids is 1. The van der Waals surface area contributed by atoms with Crippen LogP contribution >= 0.6 is 0 Å². The average Bonchev–Trinajstić information content (AvgIpc) is 2.16. The van der Waals surface area contributed by atoms with E-state index in [-0.39, 0.29) is 0 Å². The number of carboxylic acid groups (broad SMARTS) is 1. The summed E-state index contributed by atoms with van der Waals surface area (Å²) in [5.74, 6) is 0.595. The Balaban J connectivity index is 2.53. The van der Waals surface area contributed by atoms with Crippen LogP contribution < -0.4 is 0 Å². The minimum Gasteiger partial charge on any atom is -0.478 e. The van der Waals surface area contributed by atoms with Gasteiger partial charge >= 0.3 is 5.97 Å². The zero-order chi connectivity index (χ0) is 10.6. The molecule has 0 amide bonds. The molecule has 0 bridgehead atoms. The van der Waals surface area contributed by atoms with E-state index in [9.17, 15) is 4.79 Å². The normalized spacial score (nSPS) is 28.9. The highest BCUT2D eigenvalue weighted by Gasteiger charge is 2.17. The van der Waals surface area contributed by atoms with E-state index in [1.165, 1.54) is 12.8 Å². The van der Waals surface area contributed by atoms with Crippen molar-refractivity contribution in [2.24, 2.45) is 11.8 Å². The van der Waals surface area contributed by atoms with E-state index < -0.39 is 5.97 Å². The van der Waals surface area contributed by atoms with E-state index in [1.807, 2.05) is 13.0 Å². The first-order valence-electron chi connectivity index (χ1n) is 5.57. The zero-order valence-corrected chi connectivity index (χ0v) is 9.12. The predicted molar refractivity (Wildman–Crippen MR) is 57.1 cm³/mol. The summed E-state index contributed by atoms with van der Waals surface area (Å²) in [5.41, 5.74) is 0.588. The monoisotopic (exact) mass is 196 g/mol. The molecule has 1 saturated carbocycles. The number of carboxylic acids is 1. The Morgan fingerprint density at radius 1 is 1.36 bits per heavy atom. The molecule has 0 heterocycles. The van der Waals surface area contributed by atoms with Gasteiger partial charge in [0.1, 0.15) is 0 Å². The number of hydrogen-bond acceptors (Lipinski definition) is 1. The minimum absolute atomic E-state index is 0.511. The van der Waals surface area contributed by atoms with Crippen molar-refractivity contribution in [1.29, 1.82) is 0 Å². The van der Waals surface area contributed by atoms with Gasteiger partial charge in [0, 0.05) is 5.57 Å². The quantitative estimate of drug-likeness (QED) is 0.703. The van der Waals surface area contributed by atoms with Gasteiger partial charge in [0.05, 0.1) is 0 Å². The van der Waals surface area contributed by atoms with Crippen LogP contribution in [0.1, 0.15) is 46.0 Å². The molecule has 1 aliphatic rings. The van der Waals surface area contributed by atoms with E-state index in [4.69, 9.17) is 5.11 Å². The fourth-order valence-corrected chi connectivity index (χ4v) is 2.08. The van der Waals surface area contributed by atoms with Gasteiger partial charge in [-0.15, -0.1) is 0 Å². The highest BCUT2D eigenvalue weighted by atomic mass is 16.4. The molecule has 0 aromatic rings. The van der Waals surface area contributed by atoms with Crippen molar-refractivity contribution in [2.75, 3.05) is 0 Å². The third kappa shape index (κ3) is 3.17. The summed E-state index contributed by atoms with van der Waals surface area (Å²) in [6, 6.07) is 0. The zero-order valence-electron chi connectivity index (χ0n) is 9.12. The number of carbonyl (C=O) groups is 1. The highest BCUT2D eigenvalue weighted by molar-refractivity contribution is 5.86. The fourth-order valence-electron chi connectivity index (χ4n) is 2.08. The molecule has 0 aromatic carbocycles. The molecule has 1 fully saturated rings. The Morgan fingerprint density at radius 2 is 1.93 bits per heavy atom. The van der Waals surface area contributed by atoms with Gasteiger partial charge in [0.15, 0.2) is 0 Å². The molecular weight excluding hydrogens is 176 g/mol. The average molecular weight is 196 g/mol. The lowest BCUT2D eigenvalue weighted by atomic mass is 9.82. The Morgan fingerprint density at radius 3 is 2.36 bits per heavy atom. The minimum atomic E-state index is -0.744. The van der Waals surface area contributed by atoms with Gasteiger partial charge < -0.3 is 5.11 Å². The Hall–Kier alpha value is -0.790. The Labute approximate surface area is 86.0 Å². The molecule has 1 N–H and O–H groups in total. The third-order valence-corrected chi connectivity index (χ3v) is 3.15. The smallest absolute Gasteiger partial charge is 0.331 e. The standard InChI is InChI=1S/C12H20O2/c1-3-11(12(13)14)8-10-6-4-9(2)5-7-10/h8-10H,3-7H2,1-2H3,(H,13,14)/b11-8+. The lowest BCUT2D eigenvalue weighted by Crippen LogP contribution is -2.12. The predicted octanol–water partition coefficient (Wildman–Crippen LogP) is 3.23. The molecule has 2 heteroatoms. The summed E-state index contributed by atoms with van der Waals surface area (Å²) in [4.78, 5) is 10.8. The van der Waals surface area contributed by atoms with Crippen molar-refractivity contribution < 1.29 is 9.90 Å². The number of allylic oxidation sites excluding steroid dienone is 1. The second-order valence-electron chi connectivity index (χ2n) is 4.37. The van der Waals surface area contributed by atoms with Gasteiger partial charge in [-0.3, -0.25) is 0 Å². The van der Waals surface area contributed by atoms with Gasteiger partial charge in [-0.25, -0.2) is 4.79 Å². The topological polar surface area (TPSA) is 37.3 Å². The lowest BCUT2D eigenvalue weighted by molar-refractivity contribution is -0.132. The molecule has 0 spiro atoms. The van der Waals surface area contributed by atoms with E-state index in [2.05, 4.69) is 6.92 Å². The van der Waals surface area contributed by atoms with Crippen molar-refractivity contribution in [3.05, 3.63) is 11.6 Å². The molecule has 0 atom stereocenters. The summed E-state index contributed by atoms with van der Waals surface area (Å²) in [6.45, 7) is 4.18. The largest absolute Gasteiger partial charge is 0.478 e. The highest BCUT2D eigenvalue weighted by Crippen LogP contribution is 2.30. The molecule has 0 aromatic heterocycles. The van der Waals surface area contributed by atoms with Crippen LogP contribution in [-0.2, 0) is 4.79 Å². The van der Waals surface area contributed by atoms with Crippen molar-refractivity contribution >= 4 is 5.97 Å². The van der Waals surface area contributed by atoms with Crippen LogP contribution in [0.25, 0.3) is 0 Å². The van der Waals surface area contributed by atoms with Gasteiger partial charge in [0.25, 0.3) is 0 Å². The van der Waals surface area contributed by atoms with E-state index in [0.717, 1.165) is 18.8 Å². The first-order chi connectivity index (χ1) is 6.63. The maximum atomic E-state index is 10.8. The van der Waals surface area contributed by atoms with Crippen molar-refractivity contribution in [1.82, 2.24) is 0 Å². The van der Waals surface area contributed by atoms with Crippen molar-refractivity contribution in [3.8, 4) is 0 Å². The summed E-state index contributed by atoms with van der Waals surface area (Å²) >= 11 is 0. The van der Waals surface area contributed by atoms with Crippen LogP contribution in [0, 0.1) is 11.8 Å². The van der Waals surface area contributed by atoms with Crippen LogP contribution in [0.2, 0.25) is 0 Å². The lowest BCUT2D eigenvalue weighted by Gasteiger charge is -2.24.